The Labute approximate surface area is 90.9 Å². The van der Waals surface area contributed by atoms with Gasteiger partial charge in [0.1, 0.15) is 0 Å². The molecule has 0 fully saturated rings. The van der Waals surface area contributed by atoms with Crippen molar-refractivity contribution in [3.63, 3.8) is 0 Å². The molecule has 0 bridgehead atoms. The second-order valence-electron chi connectivity index (χ2n) is 3.53. The molecule has 0 radical (unpaired) electrons. The number of likely N-dealkylation sites (N-methyl/N-ethyl adjacent to an activating group) is 1. The molecule has 0 aliphatic heterocycles. The van der Waals surface area contributed by atoms with E-state index in [0.29, 0.717) is 18.2 Å². The van der Waals surface area contributed by atoms with E-state index in [4.69, 9.17) is 0 Å². The summed E-state index contributed by atoms with van der Waals surface area (Å²) in [6.45, 7) is 5.67. The fraction of sp³-hybridized carbons (Fsp3) is 0.417. The van der Waals surface area contributed by atoms with Gasteiger partial charge in [0.25, 0.3) is 5.91 Å². The van der Waals surface area contributed by atoms with E-state index in [1.165, 1.54) is 0 Å². The van der Waals surface area contributed by atoms with Gasteiger partial charge in [-0.05, 0) is 25.6 Å². The third-order valence-electron chi connectivity index (χ3n) is 2.16. The van der Waals surface area contributed by atoms with E-state index < -0.39 is 0 Å². The Morgan fingerprint density at radius 3 is 2.60 bits per heavy atom. The minimum Gasteiger partial charge on any atom is -0.350 e. The van der Waals surface area contributed by atoms with Crippen molar-refractivity contribution in [3.8, 4) is 0 Å². The van der Waals surface area contributed by atoms with Crippen LogP contribution in [0.25, 0.3) is 0 Å². The number of hydrogen-bond donors (Lipinski definition) is 2. The van der Waals surface area contributed by atoms with E-state index in [-0.39, 0.29) is 5.91 Å². The third kappa shape index (κ3) is 4.13. The largest absolute Gasteiger partial charge is 0.350 e. The van der Waals surface area contributed by atoms with Crippen LogP contribution in [-0.4, -0.2) is 25.0 Å². The van der Waals surface area contributed by atoms with Crippen LogP contribution >= 0.6 is 0 Å². The maximum absolute atomic E-state index is 11.6. The van der Waals surface area contributed by atoms with Crippen LogP contribution in [-0.2, 0) is 0 Å². The molecule has 0 aliphatic carbocycles. The van der Waals surface area contributed by atoms with Crippen molar-refractivity contribution in [1.29, 1.82) is 0 Å². The fourth-order valence-electron chi connectivity index (χ4n) is 1.36. The van der Waals surface area contributed by atoms with Gasteiger partial charge in [0.05, 0.1) is 0 Å². The highest BCUT2D eigenvalue weighted by Crippen LogP contribution is 1.97. The summed E-state index contributed by atoms with van der Waals surface area (Å²) < 4.78 is 0. The van der Waals surface area contributed by atoms with Gasteiger partial charge >= 0.3 is 0 Å². The van der Waals surface area contributed by atoms with Gasteiger partial charge < -0.3 is 10.6 Å². The van der Waals surface area contributed by atoms with Crippen molar-refractivity contribution in [3.05, 3.63) is 35.9 Å². The van der Waals surface area contributed by atoms with Gasteiger partial charge in [0.15, 0.2) is 0 Å². The SMILES string of the molecule is CCNC(C)CNC(=O)c1ccccc1. The molecule has 0 aromatic heterocycles. The monoisotopic (exact) mass is 206 g/mol. The van der Waals surface area contributed by atoms with Crippen molar-refractivity contribution in [2.75, 3.05) is 13.1 Å². The summed E-state index contributed by atoms with van der Waals surface area (Å²) in [5.74, 6) is -0.0136. The normalized spacial score (nSPS) is 12.1. The number of carbonyl (C=O) groups excluding carboxylic acids is 1. The smallest absolute Gasteiger partial charge is 0.251 e. The number of rotatable bonds is 5. The van der Waals surface area contributed by atoms with Crippen LogP contribution in [0.5, 0.6) is 0 Å². The summed E-state index contributed by atoms with van der Waals surface area (Å²) in [5, 5.41) is 6.12. The zero-order valence-electron chi connectivity index (χ0n) is 9.29. The second-order valence-corrected chi connectivity index (χ2v) is 3.53. The lowest BCUT2D eigenvalue weighted by Crippen LogP contribution is -2.38. The molecular formula is C12H18N2O. The molecule has 82 valence electrons. The molecule has 15 heavy (non-hydrogen) atoms. The maximum Gasteiger partial charge on any atom is 0.251 e. The van der Waals surface area contributed by atoms with Crippen LogP contribution in [0.4, 0.5) is 0 Å². The molecule has 1 aromatic carbocycles. The van der Waals surface area contributed by atoms with Crippen molar-refractivity contribution >= 4 is 5.91 Å². The summed E-state index contributed by atoms with van der Waals surface area (Å²) in [5.41, 5.74) is 0.709. The lowest BCUT2D eigenvalue weighted by atomic mass is 10.2. The zero-order valence-corrected chi connectivity index (χ0v) is 9.29. The van der Waals surface area contributed by atoms with Gasteiger partial charge in [-0.3, -0.25) is 4.79 Å². The topological polar surface area (TPSA) is 41.1 Å². The molecule has 3 heteroatoms. The Kier molecular flexibility index (Phi) is 4.84. The van der Waals surface area contributed by atoms with E-state index in [9.17, 15) is 4.79 Å². The lowest BCUT2D eigenvalue weighted by molar-refractivity contribution is 0.0950. The van der Waals surface area contributed by atoms with Gasteiger partial charge in [-0.1, -0.05) is 25.1 Å². The van der Waals surface area contributed by atoms with E-state index in [1.54, 1.807) is 0 Å². The number of benzene rings is 1. The highest BCUT2D eigenvalue weighted by atomic mass is 16.1. The molecule has 1 amide bonds. The molecule has 3 nitrogen and oxygen atoms in total. The molecule has 1 rings (SSSR count). The summed E-state index contributed by atoms with van der Waals surface area (Å²) in [6.07, 6.45) is 0. The van der Waals surface area contributed by atoms with Crippen LogP contribution < -0.4 is 10.6 Å². The first-order valence-corrected chi connectivity index (χ1v) is 5.30. The molecule has 0 saturated heterocycles. The Balaban J connectivity index is 2.37. The van der Waals surface area contributed by atoms with Gasteiger partial charge in [-0.25, -0.2) is 0 Å². The maximum atomic E-state index is 11.6. The van der Waals surface area contributed by atoms with Gasteiger partial charge in [0, 0.05) is 18.2 Å². The fourth-order valence-corrected chi connectivity index (χ4v) is 1.36. The zero-order chi connectivity index (χ0) is 11.1. The number of nitrogens with one attached hydrogen (secondary N) is 2. The predicted molar refractivity (Wildman–Crippen MR) is 61.9 cm³/mol. The van der Waals surface area contributed by atoms with E-state index in [2.05, 4.69) is 24.5 Å². The predicted octanol–water partition coefficient (Wildman–Crippen LogP) is 1.41. The molecule has 1 unspecified atom stereocenters. The first kappa shape index (κ1) is 11.7. The van der Waals surface area contributed by atoms with Gasteiger partial charge in [-0.2, -0.15) is 0 Å². The van der Waals surface area contributed by atoms with Crippen molar-refractivity contribution in [2.45, 2.75) is 19.9 Å². The highest BCUT2D eigenvalue weighted by molar-refractivity contribution is 5.94. The molecular weight excluding hydrogens is 188 g/mol. The lowest BCUT2D eigenvalue weighted by Gasteiger charge is -2.13. The second kappa shape index (κ2) is 6.19. The van der Waals surface area contributed by atoms with E-state index >= 15 is 0 Å². The first-order chi connectivity index (χ1) is 7.24. The Morgan fingerprint density at radius 1 is 1.33 bits per heavy atom. The standard InChI is InChI=1S/C12H18N2O/c1-3-13-10(2)9-14-12(15)11-7-5-4-6-8-11/h4-8,10,13H,3,9H2,1-2H3,(H,14,15). The Hall–Kier alpha value is -1.35. The molecule has 0 saturated carbocycles. The molecule has 1 atom stereocenters. The van der Waals surface area contributed by atoms with Gasteiger partial charge in [-0.15, -0.1) is 0 Å². The quantitative estimate of drug-likeness (QED) is 0.765. The van der Waals surface area contributed by atoms with Crippen molar-refractivity contribution in [1.82, 2.24) is 10.6 Å². The molecule has 0 heterocycles. The van der Waals surface area contributed by atoms with Crippen molar-refractivity contribution in [2.24, 2.45) is 0 Å². The van der Waals surface area contributed by atoms with Crippen LogP contribution in [0.3, 0.4) is 0 Å². The molecule has 0 spiro atoms. The summed E-state index contributed by atoms with van der Waals surface area (Å²) in [6, 6.07) is 9.56. The average molecular weight is 206 g/mol. The van der Waals surface area contributed by atoms with Gasteiger partial charge in [0.2, 0.25) is 0 Å². The van der Waals surface area contributed by atoms with Crippen LogP contribution in [0, 0.1) is 0 Å². The molecule has 2 N–H and O–H groups in total. The molecule has 1 aromatic rings. The minimum atomic E-state index is -0.0136. The van der Waals surface area contributed by atoms with Crippen LogP contribution in [0.1, 0.15) is 24.2 Å². The number of carbonyl (C=O) groups is 1. The summed E-state index contributed by atoms with van der Waals surface area (Å²) in [4.78, 5) is 11.6. The van der Waals surface area contributed by atoms with E-state index in [0.717, 1.165) is 6.54 Å². The molecule has 0 aliphatic rings. The van der Waals surface area contributed by atoms with Crippen LogP contribution in [0.15, 0.2) is 30.3 Å². The van der Waals surface area contributed by atoms with Crippen LogP contribution in [0.2, 0.25) is 0 Å². The summed E-state index contributed by atoms with van der Waals surface area (Å²) >= 11 is 0. The minimum absolute atomic E-state index is 0.0136. The Bertz CT molecular complexity index is 298. The number of amides is 1. The average Bonchev–Trinajstić information content (AvgIpc) is 2.27. The first-order valence-electron chi connectivity index (χ1n) is 5.30. The van der Waals surface area contributed by atoms with Crippen molar-refractivity contribution < 1.29 is 4.79 Å². The highest BCUT2D eigenvalue weighted by Gasteiger charge is 2.05. The Morgan fingerprint density at radius 2 is 2.00 bits per heavy atom. The number of hydrogen-bond acceptors (Lipinski definition) is 2. The third-order valence-corrected chi connectivity index (χ3v) is 2.16. The van der Waals surface area contributed by atoms with E-state index in [1.807, 2.05) is 30.3 Å². The summed E-state index contributed by atoms with van der Waals surface area (Å²) in [7, 11) is 0.